The minimum atomic E-state index is 0.962. The molecule has 0 saturated heterocycles. The van der Waals surface area contributed by atoms with E-state index in [0.29, 0.717) is 0 Å². The molecule has 0 amide bonds. The first kappa shape index (κ1) is 13.0. The predicted octanol–water partition coefficient (Wildman–Crippen LogP) is 3.59. The quantitative estimate of drug-likeness (QED) is 0.541. The summed E-state index contributed by atoms with van der Waals surface area (Å²) in [5, 5.41) is 3.48. The molecule has 0 aliphatic rings. The number of hydrogen-bond acceptors (Lipinski definition) is 1. The summed E-state index contributed by atoms with van der Waals surface area (Å²) in [5.41, 5.74) is 0. The Morgan fingerprint density at radius 2 is 1.69 bits per heavy atom. The molecule has 0 aliphatic heterocycles. The van der Waals surface area contributed by atoms with Crippen LogP contribution in [0.2, 0.25) is 0 Å². The summed E-state index contributed by atoms with van der Waals surface area (Å²) in [7, 11) is 0. The van der Waals surface area contributed by atoms with Crippen molar-refractivity contribution in [3.63, 3.8) is 0 Å². The predicted molar refractivity (Wildman–Crippen MR) is 61.1 cm³/mol. The van der Waals surface area contributed by atoms with Crippen molar-refractivity contribution in [2.24, 2.45) is 5.92 Å². The topological polar surface area (TPSA) is 12.0 Å². The molecule has 0 rings (SSSR count). The van der Waals surface area contributed by atoms with Gasteiger partial charge in [-0.2, -0.15) is 0 Å². The van der Waals surface area contributed by atoms with E-state index in [4.69, 9.17) is 0 Å². The van der Waals surface area contributed by atoms with E-state index in [1.54, 1.807) is 0 Å². The van der Waals surface area contributed by atoms with E-state index in [1.165, 1.54) is 51.6 Å². The first-order chi connectivity index (χ1) is 6.35. The Labute approximate surface area is 84.3 Å². The van der Waals surface area contributed by atoms with Crippen molar-refractivity contribution in [3.8, 4) is 0 Å². The van der Waals surface area contributed by atoms with E-state index in [9.17, 15) is 0 Å². The maximum Gasteiger partial charge on any atom is -0.00463 e. The van der Waals surface area contributed by atoms with Gasteiger partial charge in [-0.25, -0.2) is 0 Å². The third kappa shape index (κ3) is 8.29. The molecule has 1 atom stereocenters. The van der Waals surface area contributed by atoms with Gasteiger partial charge in [0.05, 0.1) is 0 Å². The maximum absolute atomic E-state index is 3.48. The van der Waals surface area contributed by atoms with Crippen LogP contribution in [-0.2, 0) is 0 Å². The van der Waals surface area contributed by atoms with Crippen LogP contribution in [0.5, 0.6) is 0 Å². The van der Waals surface area contributed by atoms with E-state index in [-0.39, 0.29) is 0 Å². The Morgan fingerprint density at radius 3 is 2.23 bits per heavy atom. The number of nitrogens with one attached hydrogen (secondary N) is 1. The molecule has 80 valence electrons. The van der Waals surface area contributed by atoms with Gasteiger partial charge in [-0.05, 0) is 31.8 Å². The average molecular weight is 185 g/mol. The van der Waals surface area contributed by atoms with Crippen LogP contribution in [0.1, 0.15) is 59.3 Å². The Morgan fingerprint density at radius 1 is 0.923 bits per heavy atom. The Bertz CT molecular complexity index is 91.1. The SMILES string of the molecule is CCCCC(CC)CCNCCC. The van der Waals surface area contributed by atoms with Crippen molar-refractivity contribution in [3.05, 3.63) is 0 Å². The van der Waals surface area contributed by atoms with Crippen LogP contribution in [0.15, 0.2) is 0 Å². The van der Waals surface area contributed by atoms with Crippen LogP contribution in [0.3, 0.4) is 0 Å². The zero-order valence-electron chi connectivity index (χ0n) is 9.73. The van der Waals surface area contributed by atoms with E-state index in [2.05, 4.69) is 26.1 Å². The first-order valence-electron chi connectivity index (χ1n) is 6.05. The fourth-order valence-electron chi connectivity index (χ4n) is 1.65. The molecule has 0 heterocycles. The summed E-state index contributed by atoms with van der Waals surface area (Å²) >= 11 is 0. The molecule has 0 bridgehead atoms. The van der Waals surface area contributed by atoms with E-state index < -0.39 is 0 Å². The van der Waals surface area contributed by atoms with Crippen LogP contribution in [0.25, 0.3) is 0 Å². The summed E-state index contributed by atoms with van der Waals surface area (Å²) in [5.74, 6) is 0.962. The van der Waals surface area contributed by atoms with Crippen LogP contribution in [-0.4, -0.2) is 13.1 Å². The molecular weight excluding hydrogens is 158 g/mol. The highest BCUT2D eigenvalue weighted by Gasteiger charge is 2.04. The van der Waals surface area contributed by atoms with Gasteiger partial charge in [-0.3, -0.25) is 0 Å². The second-order valence-corrected chi connectivity index (χ2v) is 3.96. The Kier molecular flexibility index (Phi) is 10.0. The third-order valence-electron chi connectivity index (χ3n) is 2.70. The molecule has 0 fully saturated rings. The van der Waals surface area contributed by atoms with E-state index >= 15 is 0 Å². The second kappa shape index (κ2) is 10.0. The fraction of sp³-hybridized carbons (Fsp3) is 1.00. The zero-order chi connectivity index (χ0) is 9.94. The lowest BCUT2D eigenvalue weighted by molar-refractivity contribution is 0.410. The van der Waals surface area contributed by atoms with Gasteiger partial charge >= 0.3 is 0 Å². The number of hydrogen-bond donors (Lipinski definition) is 1. The minimum Gasteiger partial charge on any atom is -0.317 e. The first-order valence-corrected chi connectivity index (χ1v) is 6.05. The van der Waals surface area contributed by atoms with Gasteiger partial charge < -0.3 is 5.32 Å². The minimum absolute atomic E-state index is 0.962. The van der Waals surface area contributed by atoms with Crippen molar-refractivity contribution in [1.82, 2.24) is 5.32 Å². The van der Waals surface area contributed by atoms with Gasteiger partial charge in [-0.15, -0.1) is 0 Å². The van der Waals surface area contributed by atoms with E-state index in [0.717, 1.165) is 5.92 Å². The highest BCUT2D eigenvalue weighted by atomic mass is 14.8. The molecule has 13 heavy (non-hydrogen) atoms. The molecule has 1 unspecified atom stereocenters. The lowest BCUT2D eigenvalue weighted by Crippen LogP contribution is -2.18. The second-order valence-electron chi connectivity index (χ2n) is 3.96. The smallest absolute Gasteiger partial charge is 0.00463 e. The summed E-state index contributed by atoms with van der Waals surface area (Å²) in [4.78, 5) is 0. The van der Waals surface area contributed by atoms with Crippen LogP contribution in [0, 0.1) is 5.92 Å². The average Bonchev–Trinajstić information content (AvgIpc) is 2.17. The van der Waals surface area contributed by atoms with Crippen molar-refractivity contribution >= 4 is 0 Å². The summed E-state index contributed by atoms with van der Waals surface area (Å²) < 4.78 is 0. The summed E-state index contributed by atoms with van der Waals surface area (Å²) in [6.07, 6.45) is 8.17. The molecule has 1 nitrogen and oxygen atoms in total. The maximum atomic E-state index is 3.48. The van der Waals surface area contributed by atoms with Crippen molar-refractivity contribution in [1.29, 1.82) is 0 Å². The zero-order valence-corrected chi connectivity index (χ0v) is 9.73. The fourth-order valence-corrected chi connectivity index (χ4v) is 1.65. The van der Waals surface area contributed by atoms with Crippen LogP contribution in [0.4, 0.5) is 0 Å². The molecule has 0 aliphatic carbocycles. The molecule has 0 spiro atoms. The molecular formula is C12H27N. The van der Waals surface area contributed by atoms with E-state index in [1.807, 2.05) is 0 Å². The van der Waals surface area contributed by atoms with Crippen LogP contribution >= 0.6 is 0 Å². The normalized spacial score (nSPS) is 13.2. The van der Waals surface area contributed by atoms with Crippen molar-refractivity contribution in [2.45, 2.75) is 59.3 Å². The van der Waals surface area contributed by atoms with Gasteiger partial charge in [0.1, 0.15) is 0 Å². The summed E-state index contributed by atoms with van der Waals surface area (Å²) in [6, 6.07) is 0. The highest BCUT2D eigenvalue weighted by Crippen LogP contribution is 2.15. The van der Waals surface area contributed by atoms with Crippen molar-refractivity contribution < 1.29 is 0 Å². The summed E-state index contributed by atoms with van der Waals surface area (Å²) in [6.45, 7) is 9.23. The molecule has 0 radical (unpaired) electrons. The number of unbranched alkanes of at least 4 members (excludes halogenated alkanes) is 1. The highest BCUT2D eigenvalue weighted by molar-refractivity contribution is 4.59. The Balaban J connectivity index is 3.25. The third-order valence-corrected chi connectivity index (χ3v) is 2.70. The van der Waals surface area contributed by atoms with Gasteiger partial charge in [0.25, 0.3) is 0 Å². The van der Waals surface area contributed by atoms with Gasteiger partial charge in [0.15, 0.2) is 0 Å². The molecule has 1 N–H and O–H groups in total. The lowest BCUT2D eigenvalue weighted by Gasteiger charge is -2.14. The van der Waals surface area contributed by atoms with Crippen molar-refractivity contribution in [2.75, 3.05) is 13.1 Å². The van der Waals surface area contributed by atoms with Crippen LogP contribution < -0.4 is 5.32 Å². The largest absolute Gasteiger partial charge is 0.317 e. The standard InChI is InChI=1S/C12H27N/c1-4-7-8-12(6-3)9-11-13-10-5-2/h12-13H,4-11H2,1-3H3. The molecule has 0 aromatic carbocycles. The van der Waals surface area contributed by atoms with Gasteiger partial charge in [0, 0.05) is 0 Å². The monoisotopic (exact) mass is 185 g/mol. The molecule has 0 saturated carbocycles. The Hall–Kier alpha value is -0.0400. The molecule has 1 heteroatoms. The number of rotatable bonds is 9. The van der Waals surface area contributed by atoms with Gasteiger partial charge in [-0.1, -0.05) is 46.5 Å². The molecule has 0 aromatic rings. The van der Waals surface area contributed by atoms with Gasteiger partial charge in [0.2, 0.25) is 0 Å². The lowest BCUT2D eigenvalue weighted by atomic mass is 9.96. The molecule has 0 aromatic heterocycles.